The minimum atomic E-state index is -1.13. The normalized spacial score (nSPS) is 11.6. The van der Waals surface area contributed by atoms with E-state index in [0.29, 0.717) is 15.6 Å². The van der Waals surface area contributed by atoms with Crippen molar-refractivity contribution in [3.8, 4) is 0 Å². The van der Waals surface area contributed by atoms with Crippen LogP contribution in [0.3, 0.4) is 0 Å². The monoisotopic (exact) mass is 283 g/mol. The molecule has 0 fully saturated rings. The topological polar surface area (TPSA) is 68.0 Å². The highest BCUT2D eigenvalue weighted by atomic mass is 35.5. The maximum atomic E-state index is 11.2. The Morgan fingerprint density at radius 2 is 2.17 bits per heavy atom. The van der Waals surface area contributed by atoms with Gasteiger partial charge in [0.05, 0.1) is 0 Å². The van der Waals surface area contributed by atoms with Gasteiger partial charge in [-0.2, -0.15) is 5.10 Å². The van der Waals surface area contributed by atoms with E-state index in [4.69, 9.17) is 28.3 Å². The Kier molecular flexibility index (Phi) is 3.64. The molecule has 0 saturated carbocycles. The highest BCUT2D eigenvalue weighted by Crippen LogP contribution is 2.23. The molecule has 2 rings (SSSR count). The lowest BCUT2D eigenvalue weighted by atomic mass is 10.2. The molecule has 2 aromatic rings. The number of hydrogen-bond donors (Lipinski definition) is 1. The van der Waals surface area contributed by atoms with Gasteiger partial charge in [-0.05, 0) is 23.8 Å². The van der Waals surface area contributed by atoms with Gasteiger partial charge in [-0.15, -0.1) is 0 Å². The van der Waals surface area contributed by atoms with E-state index in [1.165, 1.54) is 24.8 Å². The molecule has 1 N–H and O–H groups in total. The van der Waals surface area contributed by atoms with Gasteiger partial charge in [-0.3, -0.25) is 0 Å². The van der Waals surface area contributed by atoms with Gasteiger partial charge < -0.3 is 5.11 Å². The lowest BCUT2D eigenvalue weighted by Crippen LogP contribution is -2.08. The van der Waals surface area contributed by atoms with E-state index < -0.39 is 5.97 Å². The number of aromatic nitrogens is 3. The highest BCUT2D eigenvalue weighted by molar-refractivity contribution is 6.35. The molecule has 1 aromatic carbocycles. The van der Waals surface area contributed by atoms with Crippen LogP contribution >= 0.6 is 23.2 Å². The van der Waals surface area contributed by atoms with Crippen molar-refractivity contribution in [2.24, 2.45) is 0 Å². The largest absolute Gasteiger partial charge is 0.477 e. The van der Waals surface area contributed by atoms with Crippen LogP contribution in [0.1, 0.15) is 5.56 Å². The lowest BCUT2D eigenvalue weighted by molar-refractivity contribution is -0.130. The van der Waals surface area contributed by atoms with E-state index in [0.717, 1.165) is 4.68 Å². The molecule has 0 saturated heterocycles. The van der Waals surface area contributed by atoms with Gasteiger partial charge in [-0.25, -0.2) is 14.5 Å². The zero-order chi connectivity index (χ0) is 13.1. The summed E-state index contributed by atoms with van der Waals surface area (Å²) in [6, 6.07) is 4.79. The fourth-order valence-corrected chi connectivity index (χ4v) is 1.79. The van der Waals surface area contributed by atoms with Crippen LogP contribution < -0.4 is 0 Å². The summed E-state index contributed by atoms with van der Waals surface area (Å²) < 4.78 is 1.15. The van der Waals surface area contributed by atoms with Gasteiger partial charge in [0.15, 0.2) is 5.70 Å². The molecule has 0 aliphatic carbocycles. The quantitative estimate of drug-likeness (QED) is 0.880. The molecule has 0 radical (unpaired) electrons. The Morgan fingerprint density at radius 3 is 2.72 bits per heavy atom. The first-order chi connectivity index (χ1) is 8.58. The first-order valence-electron chi connectivity index (χ1n) is 4.83. The Labute approximate surface area is 112 Å². The molecule has 0 atom stereocenters. The van der Waals surface area contributed by atoms with Crippen molar-refractivity contribution in [1.29, 1.82) is 0 Å². The van der Waals surface area contributed by atoms with Gasteiger partial charge in [0.2, 0.25) is 0 Å². The van der Waals surface area contributed by atoms with Crippen LogP contribution in [0.4, 0.5) is 0 Å². The summed E-state index contributed by atoms with van der Waals surface area (Å²) >= 11 is 11.7. The predicted molar refractivity (Wildman–Crippen MR) is 68.3 cm³/mol. The number of halogens is 2. The Balaban J connectivity index is 2.49. The Morgan fingerprint density at radius 1 is 1.39 bits per heavy atom. The average molecular weight is 284 g/mol. The van der Waals surface area contributed by atoms with Crippen LogP contribution in [0.15, 0.2) is 30.9 Å². The van der Waals surface area contributed by atoms with Gasteiger partial charge >= 0.3 is 5.97 Å². The van der Waals surface area contributed by atoms with Crippen molar-refractivity contribution in [1.82, 2.24) is 14.8 Å². The average Bonchev–Trinajstić information content (AvgIpc) is 2.80. The highest BCUT2D eigenvalue weighted by Gasteiger charge is 2.11. The number of aliphatic carboxylic acids is 1. The molecule has 0 bridgehead atoms. The fourth-order valence-electron chi connectivity index (χ4n) is 1.32. The van der Waals surface area contributed by atoms with E-state index in [9.17, 15) is 4.79 Å². The molecule has 0 aliphatic rings. The van der Waals surface area contributed by atoms with Crippen LogP contribution in [-0.4, -0.2) is 25.8 Å². The van der Waals surface area contributed by atoms with Crippen LogP contribution in [0.5, 0.6) is 0 Å². The standard InChI is InChI=1S/C11H7Cl2N3O2/c12-8-2-1-7(9(13)4-8)3-10(11(17)18)16-6-14-5-15-16/h1-6H,(H,17,18)/b10-3+. The first kappa shape index (κ1) is 12.6. The number of rotatable bonds is 3. The summed E-state index contributed by atoms with van der Waals surface area (Å²) in [5, 5.41) is 13.7. The van der Waals surface area contributed by atoms with Crippen molar-refractivity contribution in [2.45, 2.75) is 0 Å². The zero-order valence-corrected chi connectivity index (χ0v) is 10.4. The molecule has 0 aliphatic heterocycles. The van der Waals surface area contributed by atoms with Gasteiger partial charge in [-0.1, -0.05) is 29.3 Å². The molecule has 1 heterocycles. The molecular formula is C11H7Cl2N3O2. The van der Waals surface area contributed by atoms with E-state index in [2.05, 4.69) is 10.1 Å². The van der Waals surface area contributed by atoms with Crippen LogP contribution in [0, 0.1) is 0 Å². The van der Waals surface area contributed by atoms with Crippen molar-refractivity contribution in [3.05, 3.63) is 46.5 Å². The first-order valence-corrected chi connectivity index (χ1v) is 5.58. The third-order valence-electron chi connectivity index (χ3n) is 2.14. The zero-order valence-electron chi connectivity index (χ0n) is 8.92. The number of hydrogen-bond acceptors (Lipinski definition) is 3. The minimum Gasteiger partial charge on any atom is -0.477 e. The van der Waals surface area contributed by atoms with Gasteiger partial charge in [0.25, 0.3) is 0 Å². The predicted octanol–water partition coefficient (Wildman–Crippen LogP) is 2.67. The Hall–Kier alpha value is -1.85. The van der Waals surface area contributed by atoms with Crippen LogP contribution in [0.2, 0.25) is 10.0 Å². The molecule has 5 nitrogen and oxygen atoms in total. The van der Waals surface area contributed by atoms with E-state index in [-0.39, 0.29) is 5.70 Å². The number of benzene rings is 1. The summed E-state index contributed by atoms with van der Waals surface area (Å²) in [7, 11) is 0. The van der Waals surface area contributed by atoms with E-state index >= 15 is 0 Å². The van der Waals surface area contributed by atoms with Gasteiger partial charge in [0, 0.05) is 10.0 Å². The summed E-state index contributed by atoms with van der Waals surface area (Å²) in [6.07, 6.45) is 3.94. The number of carboxylic acids is 1. The summed E-state index contributed by atoms with van der Waals surface area (Å²) in [6.45, 7) is 0. The Bertz CT molecular complexity index is 609. The molecule has 18 heavy (non-hydrogen) atoms. The lowest BCUT2D eigenvalue weighted by Gasteiger charge is -2.03. The summed E-state index contributed by atoms with van der Waals surface area (Å²) in [5.41, 5.74) is 0.477. The van der Waals surface area contributed by atoms with Crippen molar-refractivity contribution < 1.29 is 9.90 Å². The SMILES string of the molecule is O=C(O)/C(=C\c1ccc(Cl)cc1Cl)n1cncn1. The third-order valence-corrected chi connectivity index (χ3v) is 2.70. The van der Waals surface area contributed by atoms with Crippen molar-refractivity contribution in [2.75, 3.05) is 0 Å². The van der Waals surface area contributed by atoms with Crippen molar-refractivity contribution >= 4 is 40.9 Å². The molecule has 0 spiro atoms. The second kappa shape index (κ2) is 5.20. The summed E-state index contributed by atoms with van der Waals surface area (Å²) in [4.78, 5) is 14.9. The molecule has 7 heteroatoms. The van der Waals surface area contributed by atoms with Crippen molar-refractivity contribution in [3.63, 3.8) is 0 Å². The number of nitrogens with zero attached hydrogens (tertiary/aromatic N) is 3. The number of carboxylic acid groups (broad SMARTS) is 1. The molecule has 92 valence electrons. The minimum absolute atomic E-state index is 0.0586. The smallest absolute Gasteiger partial charge is 0.354 e. The van der Waals surface area contributed by atoms with E-state index in [1.807, 2.05) is 0 Å². The molecule has 0 unspecified atom stereocenters. The second-order valence-electron chi connectivity index (χ2n) is 3.34. The third kappa shape index (κ3) is 2.69. The fraction of sp³-hybridized carbons (Fsp3) is 0. The molecule has 0 amide bonds. The second-order valence-corrected chi connectivity index (χ2v) is 4.18. The number of carbonyl (C=O) groups is 1. The molecule has 1 aromatic heterocycles. The van der Waals surface area contributed by atoms with Crippen LogP contribution in [-0.2, 0) is 4.79 Å². The maximum Gasteiger partial charge on any atom is 0.354 e. The van der Waals surface area contributed by atoms with Gasteiger partial charge in [0.1, 0.15) is 12.7 Å². The molecular weight excluding hydrogens is 277 g/mol. The summed E-state index contributed by atoms with van der Waals surface area (Å²) in [5.74, 6) is -1.13. The maximum absolute atomic E-state index is 11.2. The van der Waals surface area contributed by atoms with Crippen LogP contribution in [0.25, 0.3) is 11.8 Å². The van der Waals surface area contributed by atoms with E-state index in [1.54, 1.807) is 12.1 Å².